The molecule has 1 rings (SSSR count). The van der Waals surface area contributed by atoms with Gasteiger partial charge in [-0.15, -0.1) is 0 Å². The van der Waals surface area contributed by atoms with Crippen molar-refractivity contribution in [3.8, 4) is 0 Å². The Morgan fingerprint density at radius 2 is 2.09 bits per heavy atom. The third-order valence-corrected chi connectivity index (χ3v) is 1.70. The normalized spacial score (nSPS) is 19.4. The van der Waals surface area contributed by atoms with Gasteiger partial charge >= 0.3 is 0 Å². The number of aliphatic imine (C=N–C) groups is 1. The van der Waals surface area contributed by atoms with Gasteiger partial charge in [-0.25, -0.2) is 4.39 Å². The van der Waals surface area contributed by atoms with Crippen molar-refractivity contribution in [1.82, 2.24) is 0 Å². The van der Waals surface area contributed by atoms with Crippen molar-refractivity contribution in [2.24, 2.45) is 4.99 Å². The molecule has 1 nitrogen and oxygen atoms in total. The van der Waals surface area contributed by atoms with Crippen molar-refractivity contribution in [3.05, 3.63) is 23.2 Å². The van der Waals surface area contributed by atoms with Crippen LogP contribution in [0.1, 0.15) is 26.7 Å². The average Bonchev–Trinajstić information content (AvgIpc) is 2.00. The number of allylic oxidation sites excluding steroid dienone is 4. The molecule has 0 bridgehead atoms. The van der Waals surface area contributed by atoms with Crippen LogP contribution in [0.15, 0.2) is 28.2 Å². The van der Waals surface area contributed by atoms with Gasteiger partial charge in [0.05, 0.1) is 5.70 Å². The van der Waals surface area contributed by atoms with E-state index in [0.29, 0.717) is 11.3 Å². The summed E-state index contributed by atoms with van der Waals surface area (Å²) in [6, 6.07) is 0. The second kappa shape index (κ2) is 3.46. The minimum atomic E-state index is -0.180. The van der Waals surface area contributed by atoms with Crippen LogP contribution in [0.5, 0.6) is 0 Å². The average molecular weight is 153 g/mol. The quantitative estimate of drug-likeness (QED) is 0.507. The molecule has 1 aliphatic heterocycles. The van der Waals surface area contributed by atoms with E-state index in [0.717, 1.165) is 12.8 Å². The zero-order chi connectivity index (χ0) is 8.27. The van der Waals surface area contributed by atoms with Crippen LogP contribution >= 0.6 is 0 Å². The van der Waals surface area contributed by atoms with Crippen LogP contribution in [-0.4, -0.2) is 6.21 Å². The fourth-order valence-electron chi connectivity index (χ4n) is 1.01. The molecule has 0 spiro atoms. The molecule has 1 heterocycles. The Morgan fingerprint density at radius 1 is 1.36 bits per heavy atom. The summed E-state index contributed by atoms with van der Waals surface area (Å²) >= 11 is 0. The van der Waals surface area contributed by atoms with Gasteiger partial charge in [0.1, 0.15) is 5.83 Å². The molecule has 0 aromatic carbocycles. The van der Waals surface area contributed by atoms with Gasteiger partial charge in [0, 0.05) is 6.21 Å². The number of hydrogen-bond acceptors (Lipinski definition) is 1. The Bertz CT molecular complexity index is 236. The molecule has 0 fully saturated rings. The first kappa shape index (κ1) is 8.18. The second-order valence-corrected chi connectivity index (χ2v) is 2.68. The molecule has 2 heteroatoms. The number of nitrogens with zero attached hydrogens (tertiary/aromatic N) is 1. The fraction of sp³-hybridized carbons (Fsp3) is 0.444. The molecule has 0 amide bonds. The fourth-order valence-corrected chi connectivity index (χ4v) is 1.01. The molecule has 0 aliphatic carbocycles. The van der Waals surface area contributed by atoms with Crippen LogP contribution in [0.2, 0.25) is 0 Å². The summed E-state index contributed by atoms with van der Waals surface area (Å²) in [4.78, 5) is 3.95. The van der Waals surface area contributed by atoms with Crippen molar-refractivity contribution in [2.75, 3.05) is 0 Å². The van der Waals surface area contributed by atoms with Gasteiger partial charge in [-0.1, -0.05) is 6.08 Å². The van der Waals surface area contributed by atoms with E-state index in [9.17, 15) is 4.39 Å². The highest BCUT2D eigenvalue weighted by Crippen LogP contribution is 2.18. The van der Waals surface area contributed by atoms with Crippen LogP contribution in [-0.2, 0) is 0 Å². The van der Waals surface area contributed by atoms with Gasteiger partial charge in [0.15, 0.2) is 0 Å². The molecule has 60 valence electrons. The standard InChI is InChI=1S/C9H12FN/c1-7-5-3-4-6-11-8(2)9(7)10/h5-6H,3-4H2,1-2H3. The smallest absolute Gasteiger partial charge is 0.146 e. The lowest BCUT2D eigenvalue weighted by Crippen LogP contribution is -1.88. The van der Waals surface area contributed by atoms with Crippen LogP contribution in [0, 0.1) is 0 Å². The number of halogens is 1. The van der Waals surface area contributed by atoms with E-state index in [4.69, 9.17) is 0 Å². The zero-order valence-corrected chi connectivity index (χ0v) is 6.89. The molecule has 1 aliphatic rings. The predicted molar refractivity (Wildman–Crippen MR) is 45.3 cm³/mol. The maximum absolute atomic E-state index is 13.1. The van der Waals surface area contributed by atoms with Crippen molar-refractivity contribution in [1.29, 1.82) is 0 Å². The molecule has 0 radical (unpaired) electrons. The summed E-state index contributed by atoms with van der Waals surface area (Å²) < 4.78 is 13.1. The molecular formula is C9H12FN. The summed E-state index contributed by atoms with van der Waals surface area (Å²) in [5, 5.41) is 0. The first-order chi connectivity index (χ1) is 5.22. The summed E-state index contributed by atoms with van der Waals surface area (Å²) in [5.41, 5.74) is 1.19. The van der Waals surface area contributed by atoms with E-state index in [1.54, 1.807) is 20.1 Å². The highest BCUT2D eigenvalue weighted by molar-refractivity contribution is 5.60. The maximum Gasteiger partial charge on any atom is 0.146 e. The highest BCUT2D eigenvalue weighted by atomic mass is 19.1. The first-order valence-electron chi connectivity index (χ1n) is 3.78. The highest BCUT2D eigenvalue weighted by Gasteiger charge is 2.03. The molecule has 0 saturated heterocycles. The van der Waals surface area contributed by atoms with Crippen LogP contribution in [0.25, 0.3) is 0 Å². The molecule has 0 atom stereocenters. The lowest BCUT2D eigenvalue weighted by atomic mass is 10.1. The molecule has 0 unspecified atom stereocenters. The van der Waals surface area contributed by atoms with Crippen molar-refractivity contribution >= 4 is 6.21 Å². The van der Waals surface area contributed by atoms with E-state index < -0.39 is 0 Å². The summed E-state index contributed by atoms with van der Waals surface area (Å²) in [5.74, 6) is -0.180. The third kappa shape index (κ3) is 2.00. The lowest BCUT2D eigenvalue weighted by molar-refractivity contribution is 0.634. The molecule has 0 aromatic rings. The molecule has 0 saturated carbocycles. The van der Waals surface area contributed by atoms with Gasteiger partial charge in [0.2, 0.25) is 0 Å². The predicted octanol–water partition coefficient (Wildman–Crippen LogP) is 3.00. The summed E-state index contributed by atoms with van der Waals surface area (Å²) in [6.45, 7) is 3.47. The minimum Gasteiger partial charge on any atom is -0.263 e. The maximum atomic E-state index is 13.1. The van der Waals surface area contributed by atoms with Crippen LogP contribution < -0.4 is 0 Å². The molecular weight excluding hydrogens is 141 g/mol. The minimum absolute atomic E-state index is 0.180. The van der Waals surface area contributed by atoms with Crippen molar-refractivity contribution < 1.29 is 4.39 Å². The van der Waals surface area contributed by atoms with Crippen molar-refractivity contribution in [2.45, 2.75) is 26.7 Å². The lowest BCUT2D eigenvalue weighted by Gasteiger charge is -2.02. The van der Waals surface area contributed by atoms with E-state index in [-0.39, 0.29) is 5.83 Å². The summed E-state index contributed by atoms with van der Waals surface area (Å²) in [6.07, 6.45) is 5.46. The van der Waals surface area contributed by atoms with Gasteiger partial charge in [-0.3, -0.25) is 4.99 Å². The Hall–Kier alpha value is -0.920. The molecule has 11 heavy (non-hydrogen) atoms. The van der Waals surface area contributed by atoms with Gasteiger partial charge in [0.25, 0.3) is 0 Å². The van der Waals surface area contributed by atoms with Crippen LogP contribution in [0.3, 0.4) is 0 Å². The van der Waals surface area contributed by atoms with Crippen LogP contribution in [0.4, 0.5) is 4.39 Å². The summed E-state index contributed by atoms with van der Waals surface area (Å²) in [7, 11) is 0. The number of hydrogen-bond donors (Lipinski definition) is 0. The van der Waals surface area contributed by atoms with Gasteiger partial charge in [-0.05, 0) is 32.3 Å². The Morgan fingerprint density at radius 3 is 2.82 bits per heavy atom. The Kier molecular flexibility index (Phi) is 2.58. The SMILES string of the molecule is CC1=CCCC=NC(C)=C1F. The Balaban J connectivity index is 2.98. The topological polar surface area (TPSA) is 12.4 Å². The largest absolute Gasteiger partial charge is 0.263 e. The van der Waals surface area contributed by atoms with E-state index in [1.807, 2.05) is 6.08 Å². The first-order valence-corrected chi connectivity index (χ1v) is 3.78. The molecule has 0 aromatic heterocycles. The van der Waals surface area contributed by atoms with Crippen molar-refractivity contribution in [3.63, 3.8) is 0 Å². The zero-order valence-electron chi connectivity index (χ0n) is 6.89. The third-order valence-electron chi connectivity index (χ3n) is 1.70. The Labute approximate surface area is 66.3 Å². The van der Waals surface area contributed by atoms with E-state index in [1.165, 1.54) is 0 Å². The van der Waals surface area contributed by atoms with Gasteiger partial charge in [-0.2, -0.15) is 0 Å². The molecule has 0 N–H and O–H groups in total. The van der Waals surface area contributed by atoms with E-state index in [2.05, 4.69) is 4.99 Å². The van der Waals surface area contributed by atoms with E-state index >= 15 is 0 Å². The second-order valence-electron chi connectivity index (χ2n) is 2.68. The monoisotopic (exact) mass is 153 g/mol. The number of rotatable bonds is 0. The van der Waals surface area contributed by atoms with Gasteiger partial charge < -0.3 is 0 Å².